The van der Waals surface area contributed by atoms with E-state index in [1.807, 2.05) is 0 Å². The van der Waals surface area contributed by atoms with E-state index in [9.17, 15) is 18.8 Å². The van der Waals surface area contributed by atoms with Gasteiger partial charge in [0.05, 0.1) is 25.8 Å². The summed E-state index contributed by atoms with van der Waals surface area (Å²) in [6, 6.07) is 13.0. The third-order valence-electron chi connectivity index (χ3n) is 5.63. The van der Waals surface area contributed by atoms with Gasteiger partial charge in [-0.2, -0.15) is 0 Å². The number of Topliss-reactive ketones (excluding diaryl/α,β-unsaturated/α-hetero) is 2. The van der Waals surface area contributed by atoms with E-state index in [2.05, 4.69) is 10.3 Å². The van der Waals surface area contributed by atoms with Gasteiger partial charge in [-0.25, -0.2) is 4.39 Å². The molecule has 0 bridgehead atoms. The molecule has 0 saturated heterocycles. The summed E-state index contributed by atoms with van der Waals surface area (Å²) in [6.45, 7) is 3.34. The SMILES string of the molecule is COc1ccc(NC(=O)C(C(=O)C(C)C)C(C(=O)c2ccc(F)cc2)c2ccncc2)c(OC)c1. The Morgan fingerprint density at radius 3 is 2.14 bits per heavy atom. The number of carbonyl (C=O) groups is 3. The minimum absolute atomic E-state index is 0.185. The van der Waals surface area contributed by atoms with Crippen molar-refractivity contribution in [2.45, 2.75) is 19.8 Å². The summed E-state index contributed by atoms with van der Waals surface area (Å²) in [6.07, 6.45) is 2.98. The van der Waals surface area contributed by atoms with Crippen molar-refractivity contribution in [3.8, 4) is 11.5 Å². The van der Waals surface area contributed by atoms with Crippen LogP contribution in [0.15, 0.2) is 67.0 Å². The van der Waals surface area contributed by atoms with Crippen molar-refractivity contribution in [3.05, 3.63) is 83.9 Å². The second-order valence-electron chi connectivity index (χ2n) is 8.22. The molecule has 2 atom stereocenters. The number of ether oxygens (including phenoxy) is 2. The summed E-state index contributed by atoms with van der Waals surface area (Å²) in [4.78, 5) is 44.7. The van der Waals surface area contributed by atoms with Crippen molar-refractivity contribution in [1.82, 2.24) is 4.98 Å². The normalized spacial score (nSPS) is 12.5. The number of benzene rings is 2. The quantitative estimate of drug-likeness (QED) is 0.336. The standard InChI is InChI=1S/C27H27FN2O5/c1-16(2)25(31)24(27(33)30-21-10-9-20(34-3)15-22(21)35-4)23(17-11-13-29-14-12-17)26(32)18-5-7-19(28)8-6-18/h5-16,23-24H,1-4H3,(H,30,33). The number of nitrogens with zero attached hydrogens (tertiary/aromatic N) is 1. The predicted molar refractivity (Wildman–Crippen MR) is 129 cm³/mol. The van der Waals surface area contributed by atoms with Gasteiger partial charge in [0.15, 0.2) is 5.78 Å². The van der Waals surface area contributed by atoms with Gasteiger partial charge in [0, 0.05) is 29.9 Å². The lowest BCUT2D eigenvalue weighted by atomic mass is 9.76. The number of methoxy groups -OCH3 is 2. The van der Waals surface area contributed by atoms with Crippen LogP contribution in [0.1, 0.15) is 35.7 Å². The molecule has 0 aliphatic rings. The summed E-state index contributed by atoms with van der Waals surface area (Å²) in [5.74, 6) is -4.24. The van der Waals surface area contributed by atoms with Gasteiger partial charge in [0.1, 0.15) is 29.0 Å². The zero-order valence-electron chi connectivity index (χ0n) is 19.9. The molecule has 0 radical (unpaired) electrons. The zero-order valence-corrected chi connectivity index (χ0v) is 19.9. The highest BCUT2D eigenvalue weighted by molar-refractivity contribution is 6.15. The first-order valence-electron chi connectivity index (χ1n) is 11.0. The number of nitrogens with one attached hydrogen (secondary N) is 1. The number of anilines is 1. The Labute approximate surface area is 203 Å². The molecule has 1 heterocycles. The van der Waals surface area contributed by atoms with Crippen molar-refractivity contribution in [2.24, 2.45) is 11.8 Å². The van der Waals surface area contributed by atoms with Gasteiger partial charge < -0.3 is 14.8 Å². The number of halogens is 1. The van der Waals surface area contributed by atoms with E-state index in [-0.39, 0.29) is 5.56 Å². The maximum Gasteiger partial charge on any atom is 0.236 e. The Balaban J connectivity index is 2.09. The molecule has 1 N–H and O–H groups in total. The molecule has 1 aromatic heterocycles. The van der Waals surface area contributed by atoms with E-state index < -0.39 is 41.0 Å². The highest BCUT2D eigenvalue weighted by Crippen LogP contribution is 2.34. The summed E-state index contributed by atoms with van der Waals surface area (Å²) in [5, 5.41) is 2.75. The summed E-state index contributed by atoms with van der Waals surface area (Å²) >= 11 is 0. The monoisotopic (exact) mass is 478 g/mol. The van der Waals surface area contributed by atoms with Crippen molar-refractivity contribution >= 4 is 23.2 Å². The van der Waals surface area contributed by atoms with Crippen LogP contribution in [0.4, 0.5) is 10.1 Å². The fraction of sp³-hybridized carbons (Fsp3) is 0.259. The van der Waals surface area contributed by atoms with Crippen LogP contribution >= 0.6 is 0 Å². The largest absolute Gasteiger partial charge is 0.497 e. The van der Waals surface area contributed by atoms with E-state index in [0.717, 1.165) is 0 Å². The summed E-state index contributed by atoms with van der Waals surface area (Å²) in [7, 11) is 2.95. The minimum atomic E-state index is -1.36. The van der Waals surface area contributed by atoms with E-state index in [1.54, 1.807) is 44.2 Å². The van der Waals surface area contributed by atoms with Gasteiger partial charge in [0.2, 0.25) is 5.91 Å². The topological polar surface area (TPSA) is 94.6 Å². The van der Waals surface area contributed by atoms with E-state index in [0.29, 0.717) is 22.7 Å². The van der Waals surface area contributed by atoms with Crippen LogP contribution in [0, 0.1) is 17.7 Å². The molecule has 0 saturated carbocycles. The number of rotatable bonds is 10. The highest BCUT2D eigenvalue weighted by atomic mass is 19.1. The molecule has 2 aromatic carbocycles. The number of amides is 1. The highest BCUT2D eigenvalue weighted by Gasteiger charge is 2.41. The molecule has 35 heavy (non-hydrogen) atoms. The van der Waals surface area contributed by atoms with Crippen LogP contribution in [0.2, 0.25) is 0 Å². The van der Waals surface area contributed by atoms with E-state index in [1.165, 1.54) is 50.9 Å². The van der Waals surface area contributed by atoms with Crippen molar-refractivity contribution in [1.29, 1.82) is 0 Å². The smallest absolute Gasteiger partial charge is 0.236 e. The van der Waals surface area contributed by atoms with Crippen LogP contribution in [0.3, 0.4) is 0 Å². The second kappa shape index (κ2) is 11.4. The zero-order chi connectivity index (χ0) is 25.5. The molecule has 182 valence electrons. The van der Waals surface area contributed by atoms with Gasteiger partial charge in [-0.3, -0.25) is 19.4 Å². The Morgan fingerprint density at radius 1 is 0.914 bits per heavy atom. The predicted octanol–water partition coefficient (Wildman–Crippen LogP) is 4.68. The average molecular weight is 479 g/mol. The molecule has 0 aliphatic carbocycles. The fourth-order valence-electron chi connectivity index (χ4n) is 3.78. The van der Waals surface area contributed by atoms with E-state index in [4.69, 9.17) is 9.47 Å². The molecule has 3 aromatic rings. The minimum Gasteiger partial charge on any atom is -0.497 e. The first-order chi connectivity index (χ1) is 16.8. The maximum absolute atomic E-state index is 13.7. The molecule has 1 amide bonds. The van der Waals surface area contributed by atoms with Crippen LogP contribution < -0.4 is 14.8 Å². The molecule has 0 fully saturated rings. The number of hydrogen-bond donors (Lipinski definition) is 1. The number of aromatic nitrogens is 1. The van der Waals surface area contributed by atoms with Gasteiger partial charge in [-0.15, -0.1) is 0 Å². The molecule has 3 rings (SSSR count). The number of hydrogen-bond acceptors (Lipinski definition) is 6. The van der Waals surface area contributed by atoms with Crippen molar-refractivity contribution < 1.29 is 28.2 Å². The van der Waals surface area contributed by atoms with Crippen LogP contribution in [0.5, 0.6) is 11.5 Å². The lowest BCUT2D eigenvalue weighted by molar-refractivity contribution is -0.133. The Hall–Kier alpha value is -4.07. The summed E-state index contributed by atoms with van der Waals surface area (Å²) in [5.41, 5.74) is 0.956. The Kier molecular flexibility index (Phi) is 8.30. The summed E-state index contributed by atoms with van der Waals surface area (Å²) < 4.78 is 24.1. The molecule has 2 unspecified atom stereocenters. The molecule has 0 spiro atoms. The van der Waals surface area contributed by atoms with Crippen LogP contribution in [-0.4, -0.2) is 36.7 Å². The molecule has 7 nitrogen and oxygen atoms in total. The van der Waals surface area contributed by atoms with Crippen molar-refractivity contribution in [3.63, 3.8) is 0 Å². The third-order valence-corrected chi connectivity index (χ3v) is 5.63. The van der Waals surface area contributed by atoms with Gasteiger partial charge >= 0.3 is 0 Å². The number of pyridine rings is 1. The van der Waals surface area contributed by atoms with Gasteiger partial charge in [-0.1, -0.05) is 13.8 Å². The lowest BCUT2D eigenvalue weighted by Gasteiger charge is -2.26. The first-order valence-corrected chi connectivity index (χ1v) is 11.0. The average Bonchev–Trinajstić information content (AvgIpc) is 2.87. The fourth-order valence-corrected chi connectivity index (χ4v) is 3.78. The van der Waals surface area contributed by atoms with Crippen LogP contribution in [-0.2, 0) is 9.59 Å². The third kappa shape index (κ3) is 5.90. The van der Waals surface area contributed by atoms with Gasteiger partial charge in [0.25, 0.3) is 0 Å². The first kappa shape index (κ1) is 25.6. The molecular formula is C27H27FN2O5. The van der Waals surface area contributed by atoms with Crippen molar-refractivity contribution in [2.75, 3.05) is 19.5 Å². The lowest BCUT2D eigenvalue weighted by Crippen LogP contribution is -2.40. The molecule has 8 heteroatoms. The Morgan fingerprint density at radius 2 is 1.57 bits per heavy atom. The van der Waals surface area contributed by atoms with Crippen LogP contribution in [0.25, 0.3) is 0 Å². The van der Waals surface area contributed by atoms with Gasteiger partial charge in [-0.05, 0) is 54.1 Å². The number of carbonyl (C=O) groups excluding carboxylic acids is 3. The second-order valence-corrected chi connectivity index (χ2v) is 8.22. The Bertz CT molecular complexity index is 1200. The van der Waals surface area contributed by atoms with E-state index >= 15 is 0 Å². The molecular weight excluding hydrogens is 451 g/mol. The maximum atomic E-state index is 13.7. The molecule has 0 aliphatic heterocycles. The number of ketones is 2.